The molecule has 1 saturated carbocycles. The van der Waals surface area contributed by atoms with Crippen molar-refractivity contribution in [1.82, 2.24) is 0 Å². The molecule has 1 aliphatic carbocycles. The Morgan fingerprint density at radius 1 is 1.39 bits per heavy atom. The zero-order chi connectivity index (χ0) is 15.9. The average Bonchev–Trinajstić information content (AvgIpc) is 2.86. The molecule has 0 aliphatic heterocycles. The Morgan fingerprint density at radius 3 is 2.70 bits per heavy atom. The van der Waals surface area contributed by atoms with E-state index < -0.39 is 6.10 Å². The third kappa shape index (κ3) is 6.29. The van der Waals surface area contributed by atoms with Crippen LogP contribution < -0.4 is 0 Å². The molecule has 0 spiro atoms. The SMILES string of the molecule is CC1CCC(=O)[C@@H]1[C@H](O)[C@H](C)C/C=N/OCc1ccccc1.[Ac]. The predicted molar refractivity (Wildman–Crippen MR) is 86.4 cm³/mol. The third-order valence-corrected chi connectivity index (χ3v) is 4.48. The minimum atomic E-state index is -0.592. The number of aliphatic hydroxyl groups excluding tert-OH is 1. The molecule has 1 aromatic rings. The summed E-state index contributed by atoms with van der Waals surface area (Å²) >= 11 is 0. The fourth-order valence-corrected chi connectivity index (χ4v) is 3.00. The molecule has 1 unspecified atom stereocenters. The van der Waals surface area contributed by atoms with Crippen molar-refractivity contribution >= 4 is 12.0 Å². The number of hydrogen-bond donors (Lipinski definition) is 1. The van der Waals surface area contributed by atoms with Gasteiger partial charge in [0.1, 0.15) is 12.4 Å². The number of Topliss-reactive ketones (excluding diaryl/α,β-unsaturated/α-hetero) is 1. The van der Waals surface area contributed by atoms with Crippen molar-refractivity contribution in [3.8, 4) is 0 Å². The van der Waals surface area contributed by atoms with Crippen molar-refractivity contribution in [2.75, 3.05) is 0 Å². The molecule has 0 amide bonds. The van der Waals surface area contributed by atoms with Crippen LogP contribution in [0.15, 0.2) is 35.5 Å². The topological polar surface area (TPSA) is 58.9 Å². The molecule has 5 heteroatoms. The molecule has 1 N–H and O–H groups in total. The second kappa shape index (κ2) is 10.6. The van der Waals surface area contributed by atoms with Crippen molar-refractivity contribution in [1.29, 1.82) is 0 Å². The number of oxime groups is 1. The molecule has 1 fully saturated rings. The van der Waals surface area contributed by atoms with E-state index in [0.717, 1.165) is 12.0 Å². The molecule has 0 saturated heterocycles. The van der Waals surface area contributed by atoms with Gasteiger partial charge in [-0.3, -0.25) is 4.79 Å². The maximum Gasteiger partial charge on any atom is 0.142 e. The van der Waals surface area contributed by atoms with Gasteiger partial charge in [0.05, 0.1) is 6.10 Å². The van der Waals surface area contributed by atoms with Crippen LogP contribution in [-0.2, 0) is 16.2 Å². The maximum atomic E-state index is 11.8. The quantitative estimate of drug-likeness (QED) is 0.436. The van der Waals surface area contributed by atoms with Crippen molar-refractivity contribution in [3.05, 3.63) is 35.9 Å². The summed E-state index contributed by atoms with van der Waals surface area (Å²) in [6, 6.07) is 9.84. The summed E-state index contributed by atoms with van der Waals surface area (Å²) in [4.78, 5) is 17.1. The number of nitrogens with zero attached hydrogens (tertiary/aromatic N) is 1. The number of hydrogen-bond acceptors (Lipinski definition) is 4. The van der Waals surface area contributed by atoms with E-state index in [-0.39, 0.29) is 67.6 Å². The predicted octanol–water partition coefficient (Wildman–Crippen LogP) is 3.19. The summed E-state index contributed by atoms with van der Waals surface area (Å²) in [5.41, 5.74) is 1.07. The first-order chi connectivity index (χ1) is 10.6. The van der Waals surface area contributed by atoms with E-state index in [1.54, 1.807) is 6.21 Å². The maximum absolute atomic E-state index is 11.8. The van der Waals surface area contributed by atoms with Crippen molar-refractivity contribution in [3.63, 3.8) is 0 Å². The van der Waals surface area contributed by atoms with Crippen LogP contribution in [-0.4, -0.2) is 23.2 Å². The zero-order valence-corrected chi connectivity index (χ0v) is 18.6. The summed E-state index contributed by atoms with van der Waals surface area (Å²) in [7, 11) is 0. The van der Waals surface area contributed by atoms with Gasteiger partial charge in [-0.15, -0.1) is 0 Å². The van der Waals surface area contributed by atoms with Crippen LogP contribution >= 0.6 is 0 Å². The van der Waals surface area contributed by atoms with Gasteiger partial charge in [-0.1, -0.05) is 49.3 Å². The van der Waals surface area contributed by atoms with Crippen LogP contribution in [0, 0.1) is 61.8 Å². The smallest absolute Gasteiger partial charge is 0.142 e. The minimum Gasteiger partial charge on any atom is -0.392 e. The molecule has 1 radical (unpaired) electrons. The van der Waals surface area contributed by atoms with Crippen LogP contribution in [0.4, 0.5) is 0 Å². The van der Waals surface area contributed by atoms with Gasteiger partial charge in [0.25, 0.3) is 0 Å². The molecule has 0 aromatic heterocycles. The monoisotopic (exact) mass is 530 g/mol. The van der Waals surface area contributed by atoms with Crippen molar-refractivity contribution < 1.29 is 58.8 Å². The Balaban J connectivity index is 0.00000264. The summed E-state index contributed by atoms with van der Waals surface area (Å²) in [6.07, 6.45) is 3.18. The van der Waals surface area contributed by atoms with Gasteiger partial charge < -0.3 is 9.94 Å². The number of ketones is 1. The van der Waals surface area contributed by atoms with Crippen LogP contribution in [0.3, 0.4) is 0 Å². The molecule has 2 rings (SSSR count). The second-order valence-electron chi connectivity index (χ2n) is 6.26. The van der Waals surface area contributed by atoms with Gasteiger partial charge in [0.15, 0.2) is 0 Å². The number of aliphatic hydroxyl groups is 1. The first kappa shape index (κ1) is 20.8. The molecule has 4 nitrogen and oxygen atoms in total. The molecule has 23 heavy (non-hydrogen) atoms. The van der Waals surface area contributed by atoms with Gasteiger partial charge >= 0.3 is 0 Å². The van der Waals surface area contributed by atoms with Gasteiger partial charge in [0, 0.05) is 62.6 Å². The Hall–Kier alpha value is -0.238. The Labute approximate surface area is 174 Å². The van der Waals surface area contributed by atoms with Gasteiger partial charge in [0.2, 0.25) is 0 Å². The van der Waals surface area contributed by atoms with E-state index in [1.807, 2.05) is 44.2 Å². The Bertz CT molecular complexity index is 506. The molecule has 123 valence electrons. The standard InChI is InChI=1S/C18H25NO3.Ac/c1-13-8-9-16(20)17(13)18(21)14(2)10-11-19-22-12-15-6-4-3-5-7-15;/h3-7,11,13-14,17-18,21H,8-10,12H2,1-2H3;/b19-11+;/t13?,14-,17-,18-;/m1./s1. The van der Waals surface area contributed by atoms with Crippen LogP contribution in [0.25, 0.3) is 0 Å². The third-order valence-electron chi connectivity index (χ3n) is 4.48. The molecule has 1 aliphatic rings. The summed E-state index contributed by atoms with van der Waals surface area (Å²) in [5.74, 6) is 0.257. The number of rotatable bonds is 7. The van der Waals surface area contributed by atoms with Crippen LogP contribution in [0.2, 0.25) is 0 Å². The molecular formula is C18H25AcNO3. The van der Waals surface area contributed by atoms with E-state index >= 15 is 0 Å². The Kier molecular flexibility index (Phi) is 9.58. The molecule has 0 bridgehead atoms. The van der Waals surface area contributed by atoms with E-state index in [1.165, 1.54) is 0 Å². The van der Waals surface area contributed by atoms with Crippen LogP contribution in [0.5, 0.6) is 0 Å². The minimum absolute atomic E-state index is 0. The summed E-state index contributed by atoms with van der Waals surface area (Å²) in [5, 5.41) is 14.3. The zero-order valence-electron chi connectivity index (χ0n) is 13.9. The van der Waals surface area contributed by atoms with Gasteiger partial charge in [-0.25, -0.2) is 0 Å². The summed E-state index contributed by atoms with van der Waals surface area (Å²) < 4.78 is 0. The number of benzene rings is 1. The fraction of sp³-hybridized carbons (Fsp3) is 0.556. The van der Waals surface area contributed by atoms with Crippen molar-refractivity contribution in [2.24, 2.45) is 22.9 Å². The molecule has 0 heterocycles. The second-order valence-corrected chi connectivity index (χ2v) is 6.26. The molecule has 4 atom stereocenters. The molecular weight excluding hydrogens is 505 g/mol. The van der Waals surface area contributed by atoms with E-state index in [4.69, 9.17) is 4.84 Å². The first-order valence-corrected chi connectivity index (χ1v) is 7.98. The van der Waals surface area contributed by atoms with E-state index in [2.05, 4.69) is 5.16 Å². The number of carbonyl (C=O) groups is 1. The largest absolute Gasteiger partial charge is 0.392 e. The fourth-order valence-electron chi connectivity index (χ4n) is 3.00. The van der Waals surface area contributed by atoms with Crippen LogP contribution in [0.1, 0.15) is 38.7 Å². The van der Waals surface area contributed by atoms with E-state index in [9.17, 15) is 9.90 Å². The average molecular weight is 530 g/mol. The normalized spacial score (nSPS) is 23.5. The Morgan fingerprint density at radius 2 is 2.09 bits per heavy atom. The van der Waals surface area contributed by atoms with Crippen molar-refractivity contribution in [2.45, 2.75) is 45.8 Å². The van der Waals surface area contributed by atoms with Gasteiger partial charge in [-0.05, 0) is 30.2 Å². The first-order valence-electron chi connectivity index (χ1n) is 7.98. The van der Waals surface area contributed by atoms with E-state index in [0.29, 0.717) is 19.4 Å². The molecule has 1 aromatic carbocycles. The summed E-state index contributed by atoms with van der Waals surface area (Å²) in [6.45, 7) is 4.43. The van der Waals surface area contributed by atoms with Gasteiger partial charge in [-0.2, -0.15) is 0 Å². The number of carbonyl (C=O) groups excluding carboxylic acids is 1.